The highest BCUT2D eigenvalue weighted by Gasteiger charge is 2.47. The molecule has 1 saturated carbocycles. The third kappa shape index (κ3) is 4.91. The lowest BCUT2D eigenvalue weighted by atomic mass is 9.76. The summed E-state index contributed by atoms with van der Waals surface area (Å²) in [6.07, 6.45) is -0.561. The quantitative estimate of drug-likeness (QED) is 0.412. The molecule has 0 heterocycles. The molecule has 0 N–H and O–H groups in total. The monoisotopic (exact) mass is 462 g/mol. The summed E-state index contributed by atoms with van der Waals surface area (Å²) in [6, 6.07) is 4.64. The van der Waals surface area contributed by atoms with E-state index in [4.69, 9.17) is 14.2 Å². The fourth-order valence-corrected chi connectivity index (χ4v) is 3.95. The number of hydrogen-bond donors (Lipinski definition) is 0. The Morgan fingerprint density at radius 3 is 1.78 bits per heavy atom. The van der Waals surface area contributed by atoms with Crippen molar-refractivity contribution >= 4 is 0 Å². The first-order valence-electron chi connectivity index (χ1n) is 10.4. The average Bonchev–Trinajstić information content (AvgIpc) is 2.75. The van der Waals surface area contributed by atoms with E-state index in [9.17, 15) is 26.3 Å². The Morgan fingerprint density at radius 1 is 0.750 bits per heavy atom. The molecular weight excluding hydrogens is 438 g/mol. The van der Waals surface area contributed by atoms with Gasteiger partial charge in [-0.2, -0.15) is 13.2 Å². The molecule has 2 unspecified atom stereocenters. The van der Waals surface area contributed by atoms with Crippen molar-refractivity contribution in [2.45, 2.75) is 45.0 Å². The summed E-state index contributed by atoms with van der Waals surface area (Å²) in [5.74, 6) is -11.6. The molecule has 0 amide bonds. The Kier molecular flexibility index (Phi) is 7.46. The van der Waals surface area contributed by atoms with Gasteiger partial charge in [0.25, 0.3) is 5.92 Å². The van der Waals surface area contributed by atoms with Crippen LogP contribution in [0.3, 0.4) is 0 Å². The maximum atomic E-state index is 14.8. The van der Waals surface area contributed by atoms with Crippen LogP contribution in [0, 0.1) is 29.2 Å². The minimum Gasteiger partial charge on any atom is -0.491 e. The van der Waals surface area contributed by atoms with Crippen molar-refractivity contribution < 1.29 is 40.6 Å². The minimum absolute atomic E-state index is 0.107. The number of benzene rings is 2. The van der Waals surface area contributed by atoms with Crippen LogP contribution in [0.4, 0.5) is 26.3 Å². The second-order valence-corrected chi connectivity index (χ2v) is 7.61. The third-order valence-electron chi connectivity index (χ3n) is 5.47. The topological polar surface area (TPSA) is 27.7 Å². The Labute approximate surface area is 182 Å². The Bertz CT molecular complexity index is 950. The summed E-state index contributed by atoms with van der Waals surface area (Å²) < 4.78 is 102. The van der Waals surface area contributed by atoms with Crippen molar-refractivity contribution in [2.75, 3.05) is 19.8 Å². The maximum absolute atomic E-state index is 14.8. The van der Waals surface area contributed by atoms with E-state index >= 15 is 0 Å². The molecule has 2 aromatic carbocycles. The minimum atomic E-state index is -3.34. The zero-order chi connectivity index (χ0) is 23.5. The molecule has 2 atom stereocenters. The van der Waals surface area contributed by atoms with Gasteiger partial charge in [-0.3, -0.25) is 0 Å². The second kappa shape index (κ2) is 9.92. The van der Waals surface area contributed by atoms with Crippen LogP contribution in [0.2, 0.25) is 0 Å². The van der Waals surface area contributed by atoms with Gasteiger partial charge in [0, 0.05) is 12.0 Å². The summed E-state index contributed by atoms with van der Waals surface area (Å²) in [5.41, 5.74) is -0.407. The highest BCUT2D eigenvalue weighted by molar-refractivity contribution is 5.36. The van der Waals surface area contributed by atoms with Crippen LogP contribution >= 0.6 is 0 Å². The molecule has 2 aromatic rings. The molecular formula is C23H24F6O3. The van der Waals surface area contributed by atoms with Crippen molar-refractivity contribution in [1.29, 1.82) is 0 Å². The standard InChI is InChI=1S/C23H24F6O3/c1-3-30-16-8-6-14(19(24)20(16)25)15-7-5-13(11-23(15,28)29)12-32-18-10-9-17(31-4-2)21(26)22(18)27/h6,8-10,13,15H,3-5,7,11-12H2,1-2H3. The van der Waals surface area contributed by atoms with Gasteiger partial charge in [-0.1, -0.05) is 6.07 Å². The number of halogens is 6. The molecule has 0 spiro atoms. The smallest absolute Gasteiger partial charge is 0.255 e. The molecule has 1 aliphatic carbocycles. The lowest BCUT2D eigenvalue weighted by molar-refractivity contribution is -0.0789. The molecule has 1 aliphatic rings. The van der Waals surface area contributed by atoms with E-state index < -0.39 is 58.8 Å². The number of rotatable bonds is 8. The fraction of sp³-hybridized carbons (Fsp3) is 0.478. The number of ether oxygens (including phenoxy) is 3. The highest BCUT2D eigenvalue weighted by Crippen LogP contribution is 2.48. The SMILES string of the molecule is CCOc1ccc(OCC2CCC(c3ccc(OCC)c(F)c3F)C(F)(F)C2)c(F)c1F. The predicted octanol–water partition coefficient (Wildman–Crippen LogP) is 6.64. The molecule has 3 nitrogen and oxygen atoms in total. The van der Waals surface area contributed by atoms with Gasteiger partial charge in [-0.15, -0.1) is 0 Å². The summed E-state index contributed by atoms with van der Waals surface area (Å²) in [4.78, 5) is 0. The van der Waals surface area contributed by atoms with Gasteiger partial charge in [0.15, 0.2) is 23.1 Å². The van der Waals surface area contributed by atoms with Gasteiger partial charge in [0.2, 0.25) is 17.5 Å². The molecule has 176 valence electrons. The first-order valence-corrected chi connectivity index (χ1v) is 10.4. The normalized spacial score (nSPS) is 20.1. The van der Waals surface area contributed by atoms with Gasteiger partial charge < -0.3 is 14.2 Å². The Hall–Kier alpha value is -2.58. The predicted molar refractivity (Wildman–Crippen MR) is 106 cm³/mol. The first kappa shape index (κ1) is 24.1. The molecule has 3 rings (SSSR count). The highest BCUT2D eigenvalue weighted by atomic mass is 19.3. The van der Waals surface area contributed by atoms with Crippen molar-refractivity contribution in [3.8, 4) is 17.2 Å². The molecule has 0 saturated heterocycles. The van der Waals surface area contributed by atoms with Crippen LogP contribution in [0.1, 0.15) is 44.6 Å². The molecule has 1 fully saturated rings. The maximum Gasteiger partial charge on any atom is 0.255 e. The van der Waals surface area contributed by atoms with E-state index in [0.717, 1.165) is 12.1 Å². The first-order chi connectivity index (χ1) is 15.2. The summed E-state index contributed by atoms with van der Waals surface area (Å²) >= 11 is 0. The van der Waals surface area contributed by atoms with Crippen molar-refractivity contribution in [3.05, 3.63) is 53.1 Å². The van der Waals surface area contributed by atoms with E-state index in [1.54, 1.807) is 13.8 Å². The summed E-state index contributed by atoms with van der Waals surface area (Å²) in [5, 5.41) is 0. The Morgan fingerprint density at radius 2 is 1.25 bits per heavy atom. The van der Waals surface area contributed by atoms with E-state index in [1.807, 2.05) is 0 Å². The lowest BCUT2D eigenvalue weighted by Crippen LogP contribution is -2.36. The molecule has 0 bridgehead atoms. The molecule has 0 radical (unpaired) electrons. The third-order valence-corrected chi connectivity index (χ3v) is 5.47. The van der Waals surface area contributed by atoms with Crippen LogP contribution in [0.25, 0.3) is 0 Å². The van der Waals surface area contributed by atoms with Crippen molar-refractivity contribution in [3.63, 3.8) is 0 Å². The van der Waals surface area contributed by atoms with E-state index in [-0.39, 0.29) is 44.2 Å². The largest absolute Gasteiger partial charge is 0.491 e. The zero-order valence-corrected chi connectivity index (χ0v) is 17.7. The van der Waals surface area contributed by atoms with Crippen molar-refractivity contribution in [2.24, 2.45) is 5.92 Å². The summed E-state index contributed by atoms with van der Waals surface area (Å²) in [6.45, 7) is 3.19. The van der Waals surface area contributed by atoms with Crippen LogP contribution < -0.4 is 14.2 Å². The van der Waals surface area contributed by atoms with E-state index in [1.165, 1.54) is 12.1 Å². The molecule has 0 aliphatic heterocycles. The van der Waals surface area contributed by atoms with Crippen LogP contribution in [-0.4, -0.2) is 25.7 Å². The van der Waals surface area contributed by atoms with Crippen molar-refractivity contribution in [1.82, 2.24) is 0 Å². The summed E-state index contributed by atoms with van der Waals surface area (Å²) in [7, 11) is 0. The van der Waals surface area contributed by atoms with Crippen LogP contribution in [0.15, 0.2) is 24.3 Å². The van der Waals surface area contributed by atoms with Gasteiger partial charge in [0.05, 0.1) is 25.7 Å². The molecule has 32 heavy (non-hydrogen) atoms. The second-order valence-electron chi connectivity index (χ2n) is 7.61. The van der Waals surface area contributed by atoms with Crippen LogP contribution in [-0.2, 0) is 0 Å². The average molecular weight is 462 g/mol. The van der Waals surface area contributed by atoms with E-state index in [0.29, 0.717) is 0 Å². The van der Waals surface area contributed by atoms with E-state index in [2.05, 4.69) is 0 Å². The van der Waals surface area contributed by atoms with Crippen LogP contribution in [0.5, 0.6) is 17.2 Å². The van der Waals surface area contributed by atoms with Gasteiger partial charge in [0.1, 0.15) is 0 Å². The number of hydrogen-bond acceptors (Lipinski definition) is 3. The molecule has 9 heteroatoms. The number of alkyl halides is 2. The van der Waals surface area contributed by atoms with Gasteiger partial charge in [-0.25, -0.2) is 13.2 Å². The lowest BCUT2D eigenvalue weighted by Gasteiger charge is -2.36. The Balaban J connectivity index is 1.68. The fourth-order valence-electron chi connectivity index (χ4n) is 3.95. The van der Waals surface area contributed by atoms with Gasteiger partial charge >= 0.3 is 0 Å². The zero-order valence-electron chi connectivity index (χ0n) is 17.7. The molecule has 0 aromatic heterocycles. The van der Waals surface area contributed by atoms with Gasteiger partial charge in [-0.05, 0) is 50.8 Å².